The third-order valence-corrected chi connectivity index (χ3v) is 5.43. The molecule has 0 aliphatic carbocycles. The van der Waals surface area contributed by atoms with Crippen molar-refractivity contribution < 1.29 is 14.3 Å². The maximum Gasteiger partial charge on any atom is 0.274 e. The van der Waals surface area contributed by atoms with Gasteiger partial charge >= 0.3 is 0 Å². The Morgan fingerprint density at radius 3 is 2.19 bits per heavy atom. The van der Waals surface area contributed by atoms with Gasteiger partial charge in [-0.2, -0.15) is 5.10 Å². The van der Waals surface area contributed by atoms with Crippen molar-refractivity contribution in [2.75, 3.05) is 26.2 Å². The van der Waals surface area contributed by atoms with Crippen LogP contribution in [0.5, 0.6) is 5.75 Å². The van der Waals surface area contributed by atoms with E-state index in [-0.39, 0.29) is 11.8 Å². The number of hydrogen-bond donors (Lipinski definition) is 1. The zero-order chi connectivity index (χ0) is 21.6. The number of piperazine rings is 1. The van der Waals surface area contributed by atoms with Gasteiger partial charge in [0, 0.05) is 37.4 Å². The minimum Gasteiger partial charge on any atom is -0.489 e. The summed E-state index contributed by atoms with van der Waals surface area (Å²) in [5, 5.41) is 6.97. The maximum absolute atomic E-state index is 12.8. The Balaban J connectivity index is 1.29. The molecule has 1 fully saturated rings. The zero-order valence-electron chi connectivity index (χ0n) is 17.6. The summed E-state index contributed by atoms with van der Waals surface area (Å²) in [6.07, 6.45) is 0.804. The molecule has 31 heavy (non-hydrogen) atoms. The average Bonchev–Trinajstić information content (AvgIpc) is 3.32. The molecule has 2 heterocycles. The molecule has 1 N–H and O–H groups in total. The molecule has 160 valence electrons. The molecule has 7 heteroatoms. The van der Waals surface area contributed by atoms with Gasteiger partial charge in [-0.3, -0.25) is 14.7 Å². The molecule has 4 rings (SSSR count). The van der Waals surface area contributed by atoms with E-state index in [9.17, 15) is 9.59 Å². The highest BCUT2D eigenvalue weighted by molar-refractivity contribution is 5.95. The standard InChI is InChI=1S/C24H26N4O3/c1-2-20-16-22(26-25-20)24(30)28-14-12-27(13-15-28)23(29)19-8-10-21(11-9-19)31-17-18-6-4-3-5-7-18/h3-11,16H,2,12-15,17H2,1H3,(H,25,26). The van der Waals surface area contributed by atoms with E-state index in [4.69, 9.17) is 4.74 Å². The van der Waals surface area contributed by atoms with Crippen LogP contribution in [0.1, 0.15) is 39.0 Å². The quantitative estimate of drug-likeness (QED) is 0.667. The molecule has 1 aromatic heterocycles. The van der Waals surface area contributed by atoms with Gasteiger partial charge in [0.25, 0.3) is 11.8 Å². The van der Waals surface area contributed by atoms with Gasteiger partial charge in [-0.25, -0.2) is 0 Å². The molecule has 1 saturated heterocycles. The molecule has 0 unspecified atom stereocenters. The van der Waals surface area contributed by atoms with Crippen LogP contribution in [-0.4, -0.2) is 58.0 Å². The summed E-state index contributed by atoms with van der Waals surface area (Å²) in [7, 11) is 0. The van der Waals surface area contributed by atoms with Gasteiger partial charge in [0.1, 0.15) is 18.1 Å². The zero-order valence-corrected chi connectivity index (χ0v) is 17.6. The molecule has 0 spiro atoms. The molecule has 3 aromatic rings. The molecule has 1 aliphatic rings. The van der Waals surface area contributed by atoms with Crippen LogP contribution < -0.4 is 4.74 Å². The Kier molecular flexibility index (Phi) is 6.31. The monoisotopic (exact) mass is 418 g/mol. The van der Waals surface area contributed by atoms with Crippen molar-refractivity contribution >= 4 is 11.8 Å². The van der Waals surface area contributed by atoms with E-state index in [2.05, 4.69) is 10.2 Å². The van der Waals surface area contributed by atoms with Gasteiger partial charge in [-0.05, 0) is 42.3 Å². The van der Waals surface area contributed by atoms with E-state index in [1.807, 2.05) is 49.4 Å². The molecule has 1 aliphatic heterocycles. The molecular formula is C24H26N4O3. The fourth-order valence-electron chi connectivity index (χ4n) is 3.54. The predicted octanol–water partition coefficient (Wildman–Crippen LogP) is 3.15. The predicted molar refractivity (Wildman–Crippen MR) is 117 cm³/mol. The second-order valence-electron chi connectivity index (χ2n) is 7.52. The van der Waals surface area contributed by atoms with Crippen molar-refractivity contribution in [1.82, 2.24) is 20.0 Å². The molecular weight excluding hydrogens is 392 g/mol. The molecule has 7 nitrogen and oxygen atoms in total. The van der Waals surface area contributed by atoms with Crippen LogP contribution in [0.2, 0.25) is 0 Å². The highest BCUT2D eigenvalue weighted by Gasteiger charge is 2.26. The normalized spacial score (nSPS) is 13.8. The molecule has 2 aromatic carbocycles. The lowest BCUT2D eigenvalue weighted by Crippen LogP contribution is -2.50. The second-order valence-corrected chi connectivity index (χ2v) is 7.52. The fourth-order valence-corrected chi connectivity index (χ4v) is 3.54. The Hall–Kier alpha value is -3.61. The summed E-state index contributed by atoms with van der Waals surface area (Å²) >= 11 is 0. The third kappa shape index (κ3) is 4.94. The van der Waals surface area contributed by atoms with E-state index in [0.717, 1.165) is 23.4 Å². The van der Waals surface area contributed by atoms with E-state index in [1.54, 1.807) is 28.0 Å². The lowest BCUT2D eigenvalue weighted by atomic mass is 10.1. The lowest BCUT2D eigenvalue weighted by Gasteiger charge is -2.34. The third-order valence-electron chi connectivity index (χ3n) is 5.43. The molecule has 0 saturated carbocycles. The van der Waals surface area contributed by atoms with Crippen LogP contribution in [0, 0.1) is 0 Å². The van der Waals surface area contributed by atoms with Crippen molar-refractivity contribution in [3.8, 4) is 5.75 Å². The molecule has 0 atom stereocenters. The number of hydrogen-bond acceptors (Lipinski definition) is 4. The molecule has 2 amide bonds. The number of aromatic amines is 1. The number of benzene rings is 2. The van der Waals surface area contributed by atoms with E-state index in [0.29, 0.717) is 44.0 Å². The number of amides is 2. The minimum atomic E-state index is -0.0945. The number of carbonyl (C=O) groups excluding carboxylic acids is 2. The van der Waals surface area contributed by atoms with Gasteiger partial charge in [0.2, 0.25) is 0 Å². The van der Waals surface area contributed by atoms with Crippen molar-refractivity contribution in [2.24, 2.45) is 0 Å². The summed E-state index contributed by atoms with van der Waals surface area (Å²) in [5.41, 5.74) is 3.08. The number of rotatable bonds is 6. The first-order chi connectivity index (χ1) is 15.1. The Bertz CT molecular complexity index is 1020. The van der Waals surface area contributed by atoms with Crippen molar-refractivity contribution in [3.05, 3.63) is 83.2 Å². The molecule has 0 radical (unpaired) electrons. The maximum atomic E-state index is 12.8. The largest absolute Gasteiger partial charge is 0.489 e. The first kappa shape index (κ1) is 20.7. The summed E-state index contributed by atoms with van der Waals surface area (Å²) in [6, 6.07) is 19.0. The first-order valence-electron chi connectivity index (χ1n) is 10.5. The Morgan fingerprint density at radius 2 is 1.58 bits per heavy atom. The number of aromatic nitrogens is 2. The number of nitrogens with zero attached hydrogens (tertiary/aromatic N) is 3. The summed E-state index contributed by atoms with van der Waals surface area (Å²) in [4.78, 5) is 29.0. The van der Waals surface area contributed by atoms with E-state index < -0.39 is 0 Å². The van der Waals surface area contributed by atoms with Gasteiger partial charge < -0.3 is 14.5 Å². The van der Waals surface area contributed by atoms with Gasteiger partial charge in [-0.15, -0.1) is 0 Å². The highest BCUT2D eigenvalue weighted by Crippen LogP contribution is 2.17. The highest BCUT2D eigenvalue weighted by atomic mass is 16.5. The van der Waals surface area contributed by atoms with Crippen molar-refractivity contribution in [1.29, 1.82) is 0 Å². The van der Waals surface area contributed by atoms with Crippen LogP contribution in [0.15, 0.2) is 60.7 Å². The van der Waals surface area contributed by atoms with Crippen LogP contribution in [0.4, 0.5) is 0 Å². The fraction of sp³-hybridized carbons (Fsp3) is 0.292. The molecule has 0 bridgehead atoms. The van der Waals surface area contributed by atoms with Crippen LogP contribution in [0.25, 0.3) is 0 Å². The summed E-state index contributed by atoms with van der Waals surface area (Å²) in [6.45, 7) is 4.49. The smallest absolute Gasteiger partial charge is 0.274 e. The van der Waals surface area contributed by atoms with Crippen molar-refractivity contribution in [2.45, 2.75) is 20.0 Å². The number of aryl methyl sites for hydroxylation is 1. The van der Waals surface area contributed by atoms with E-state index >= 15 is 0 Å². The summed E-state index contributed by atoms with van der Waals surface area (Å²) in [5.74, 6) is 0.596. The number of carbonyl (C=O) groups is 2. The van der Waals surface area contributed by atoms with Crippen LogP contribution in [-0.2, 0) is 13.0 Å². The summed E-state index contributed by atoms with van der Waals surface area (Å²) < 4.78 is 5.79. The SMILES string of the molecule is CCc1cc(C(=O)N2CCN(C(=O)c3ccc(OCc4ccccc4)cc3)CC2)n[nH]1. The number of ether oxygens (including phenoxy) is 1. The lowest BCUT2D eigenvalue weighted by molar-refractivity contribution is 0.0532. The van der Waals surface area contributed by atoms with Gasteiger partial charge in [-0.1, -0.05) is 37.3 Å². The van der Waals surface area contributed by atoms with Crippen LogP contribution in [0.3, 0.4) is 0 Å². The van der Waals surface area contributed by atoms with Crippen molar-refractivity contribution in [3.63, 3.8) is 0 Å². The minimum absolute atomic E-state index is 0.0326. The van der Waals surface area contributed by atoms with Gasteiger partial charge in [0.05, 0.1) is 0 Å². The van der Waals surface area contributed by atoms with E-state index in [1.165, 1.54) is 0 Å². The Labute approximate surface area is 181 Å². The first-order valence-corrected chi connectivity index (χ1v) is 10.5. The number of nitrogens with one attached hydrogen (secondary N) is 1. The topological polar surface area (TPSA) is 78.5 Å². The number of H-pyrrole nitrogens is 1. The Morgan fingerprint density at radius 1 is 0.935 bits per heavy atom. The van der Waals surface area contributed by atoms with Crippen LogP contribution >= 0.6 is 0 Å². The second kappa shape index (κ2) is 9.47. The van der Waals surface area contributed by atoms with Gasteiger partial charge in [0.15, 0.2) is 0 Å². The average molecular weight is 418 g/mol.